The van der Waals surface area contributed by atoms with E-state index in [9.17, 15) is 0 Å². The number of piperidine rings is 1. The van der Waals surface area contributed by atoms with Crippen molar-refractivity contribution in [1.29, 1.82) is 0 Å². The highest BCUT2D eigenvalue weighted by Gasteiger charge is 2.13. The molecular weight excluding hydrogens is 202 g/mol. The number of anilines is 1. The molecule has 4 heteroatoms. The molecule has 3 N–H and O–H groups in total. The zero-order valence-electron chi connectivity index (χ0n) is 9.62. The molecule has 1 aliphatic rings. The first-order valence-electron chi connectivity index (χ1n) is 5.78. The first kappa shape index (κ1) is 11.2. The molecule has 0 saturated carbocycles. The Kier molecular flexibility index (Phi) is 4.02. The fraction of sp³-hybridized carbons (Fsp3) is 0.500. The van der Waals surface area contributed by atoms with Gasteiger partial charge in [0.05, 0.1) is 0 Å². The van der Waals surface area contributed by atoms with Crippen LogP contribution in [0.1, 0.15) is 12.8 Å². The summed E-state index contributed by atoms with van der Waals surface area (Å²) in [6.07, 6.45) is 2.55. The van der Waals surface area contributed by atoms with Gasteiger partial charge < -0.3 is 15.5 Å². The topological polar surface area (TPSA) is 45.3 Å². The van der Waals surface area contributed by atoms with Crippen molar-refractivity contribution in [3.8, 4) is 5.75 Å². The molecule has 0 atom stereocenters. The molecule has 88 valence electrons. The van der Waals surface area contributed by atoms with Crippen molar-refractivity contribution < 1.29 is 4.74 Å². The van der Waals surface area contributed by atoms with E-state index in [0.717, 1.165) is 37.4 Å². The maximum atomic E-state index is 5.90. The quantitative estimate of drug-likeness (QED) is 0.672. The van der Waals surface area contributed by atoms with E-state index in [0.29, 0.717) is 6.10 Å². The average molecular weight is 221 g/mol. The van der Waals surface area contributed by atoms with Gasteiger partial charge in [0.2, 0.25) is 0 Å². The van der Waals surface area contributed by atoms with E-state index in [4.69, 9.17) is 4.74 Å². The largest absolute Gasteiger partial charge is 0.490 e. The smallest absolute Gasteiger partial charge is 0.119 e. The monoisotopic (exact) mass is 221 g/mol. The normalized spacial score (nSPS) is 17.1. The zero-order valence-corrected chi connectivity index (χ0v) is 9.62. The molecule has 2 rings (SSSR count). The van der Waals surface area contributed by atoms with Gasteiger partial charge >= 0.3 is 0 Å². The standard InChI is InChI=1S/C12H19N3O/c1-13-15-10-2-4-11(5-3-10)16-12-6-8-14-9-7-12/h2-5,12-15H,6-9H2,1H3. The van der Waals surface area contributed by atoms with Crippen LogP contribution >= 0.6 is 0 Å². The van der Waals surface area contributed by atoms with Crippen LogP contribution in [0.25, 0.3) is 0 Å². The van der Waals surface area contributed by atoms with Gasteiger partial charge in [0.25, 0.3) is 0 Å². The summed E-state index contributed by atoms with van der Waals surface area (Å²) in [7, 11) is 1.85. The Labute approximate surface area is 96.3 Å². The third kappa shape index (κ3) is 3.12. The molecule has 16 heavy (non-hydrogen) atoms. The van der Waals surface area contributed by atoms with Crippen LogP contribution in [0, 0.1) is 0 Å². The van der Waals surface area contributed by atoms with E-state index in [2.05, 4.69) is 16.2 Å². The van der Waals surface area contributed by atoms with Crippen LogP contribution in [-0.2, 0) is 0 Å². The summed E-state index contributed by atoms with van der Waals surface area (Å²) in [4.78, 5) is 0. The van der Waals surface area contributed by atoms with Crippen LogP contribution in [0.5, 0.6) is 5.75 Å². The minimum absolute atomic E-state index is 0.365. The summed E-state index contributed by atoms with van der Waals surface area (Å²) >= 11 is 0. The van der Waals surface area contributed by atoms with Crippen LogP contribution in [-0.4, -0.2) is 26.2 Å². The van der Waals surface area contributed by atoms with Gasteiger partial charge in [-0.1, -0.05) is 0 Å². The van der Waals surface area contributed by atoms with E-state index in [1.54, 1.807) is 0 Å². The van der Waals surface area contributed by atoms with Crippen LogP contribution in [0.3, 0.4) is 0 Å². The number of hydrazine groups is 1. The predicted octanol–water partition coefficient (Wildman–Crippen LogP) is 1.36. The van der Waals surface area contributed by atoms with Gasteiger partial charge in [-0.05, 0) is 50.2 Å². The van der Waals surface area contributed by atoms with E-state index in [1.165, 1.54) is 0 Å². The Morgan fingerprint density at radius 2 is 1.88 bits per heavy atom. The van der Waals surface area contributed by atoms with E-state index >= 15 is 0 Å². The number of ether oxygens (including phenoxy) is 1. The average Bonchev–Trinajstić information content (AvgIpc) is 2.33. The predicted molar refractivity (Wildman–Crippen MR) is 65.6 cm³/mol. The van der Waals surface area contributed by atoms with Gasteiger partial charge in [0.15, 0.2) is 0 Å². The highest BCUT2D eigenvalue weighted by atomic mass is 16.5. The Bertz CT molecular complexity index is 307. The second-order valence-electron chi connectivity index (χ2n) is 3.97. The lowest BCUT2D eigenvalue weighted by Gasteiger charge is -2.23. The van der Waals surface area contributed by atoms with Gasteiger partial charge in [-0.15, -0.1) is 0 Å². The fourth-order valence-corrected chi connectivity index (χ4v) is 1.87. The van der Waals surface area contributed by atoms with E-state index in [-0.39, 0.29) is 0 Å². The lowest BCUT2D eigenvalue weighted by molar-refractivity contribution is 0.162. The van der Waals surface area contributed by atoms with Gasteiger partial charge in [-0.25, -0.2) is 5.43 Å². The molecule has 1 heterocycles. The Morgan fingerprint density at radius 3 is 2.50 bits per heavy atom. The summed E-state index contributed by atoms with van der Waals surface area (Å²) < 4.78 is 5.90. The van der Waals surface area contributed by atoms with Crippen LogP contribution in [0.2, 0.25) is 0 Å². The molecule has 4 nitrogen and oxygen atoms in total. The third-order valence-corrected chi connectivity index (χ3v) is 2.71. The lowest BCUT2D eigenvalue weighted by Crippen LogP contribution is -2.34. The molecule has 0 amide bonds. The van der Waals surface area contributed by atoms with E-state index in [1.807, 2.05) is 31.3 Å². The summed E-state index contributed by atoms with van der Waals surface area (Å²) in [6, 6.07) is 8.02. The molecule has 0 spiro atoms. The molecule has 0 radical (unpaired) electrons. The highest BCUT2D eigenvalue weighted by molar-refractivity contribution is 5.45. The van der Waals surface area contributed by atoms with Gasteiger partial charge in [0, 0.05) is 12.7 Å². The van der Waals surface area contributed by atoms with Gasteiger partial charge in [0.1, 0.15) is 11.9 Å². The molecule has 1 saturated heterocycles. The molecular formula is C12H19N3O. The van der Waals surface area contributed by atoms with Gasteiger partial charge in [-0.2, -0.15) is 0 Å². The molecule has 1 aromatic carbocycles. The Balaban J connectivity index is 1.88. The van der Waals surface area contributed by atoms with Gasteiger partial charge in [-0.3, -0.25) is 0 Å². The molecule has 0 bridgehead atoms. The maximum Gasteiger partial charge on any atom is 0.119 e. The number of rotatable bonds is 4. The molecule has 1 fully saturated rings. The summed E-state index contributed by atoms with van der Waals surface area (Å²) in [6.45, 7) is 2.12. The molecule has 0 aromatic heterocycles. The van der Waals surface area contributed by atoms with Crippen molar-refractivity contribution in [2.24, 2.45) is 0 Å². The summed E-state index contributed by atoms with van der Waals surface area (Å²) in [5.74, 6) is 0.952. The minimum Gasteiger partial charge on any atom is -0.490 e. The van der Waals surface area contributed by atoms with Crippen molar-refractivity contribution in [1.82, 2.24) is 10.7 Å². The Hall–Kier alpha value is -1.26. The minimum atomic E-state index is 0.365. The number of benzene rings is 1. The molecule has 0 unspecified atom stereocenters. The summed E-state index contributed by atoms with van der Waals surface area (Å²) in [5, 5.41) is 3.33. The number of nitrogens with one attached hydrogen (secondary N) is 3. The van der Waals surface area contributed by atoms with E-state index < -0.39 is 0 Å². The van der Waals surface area contributed by atoms with Crippen molar-refractivity contribution in [3.05, 3.63) is 24.3 Å². The van der Waals surface area contributed by atoms with Crippen LogP contribution in [0.4, 0.5) is 5.69 Å². The van der Waals surface area contributed by atoms with Crippen molar-refractivity contribution in [2.45, 2.75) is 18.9 Å². The highest BCUT2D eigenvalue weighted by Crippen LogP contribution is 2.18. The lowest BCUT2D eigenvalue weighted by atomic mass is 10.1. The maximum absolute atomic E-state index is 5.90. The molecule has 1 aromatic rings. The first-order chi connectivity index (χ1) is 7.88. The van der Waals surface area contributed by atoms with Crippen molar-refractivity contribution in [2.75, 3.05) is 25.6 Å². The summed E-state index contributed by atoms with van der Waals surface area (Å²) in [5.41, 5.74) is 6.95. The third-order valence-electron chi connectivity index (χ3n) is 2.71. The van der Waals surface area contributed by atoms with Crippen molar-refractivity contribution in [3.63, 3.8) is 0 Å². The van der Waals surface area contributed by atoms with Crippen molar-refractivity contribution >= 4 is 5.69 Å². The number of hydrogen-bond acceptors (Lipinski definition) is 4. The molecule has 1 aliphatic heterocycles. The zero-order chi connectivity index (χ0) is 11.2. The second-order valence-corrected chi connectivity index (χ2v) is 3.97. The Morgan fingerprint density at radius 1 is 1.19 bits per heavy atom. The molecule has 0 aliphatic carbocycles. The first-order valence-corrected chi connectivity index (χ1v) is 5.78. The fourth-order valence-electron chi connectivity index (χ4n) is 1.87. The van der Waals surface area contributed by atoms with Crippen LogP contribution in [0.15, 0.2) is 24.3 Å². The SMILES string of the molecule is CNNc1ccc(OC2CCNCC2)cc1. The second kappa shape index (κ2) is 5.72. The number of hydrogen-bond donors (Lipinski definition) is 3. The van der Waals surface area contributed by atoms with Crippen LogP contribution < -0.4 is 20.9 Å².